The first kappa shape index (κ1) is 20.2. The Kier molecular flexibility index (Phi) is 5.32. The molecule has 1 saturated heterocycles. The molecule has 27 heavy (non-hydrogen) atoms. The van der Waals surface area contributed by atoms with Crippen LogP contribution in [-0.4, -0.2) is 46.5 Å². The number of nitrogens with zero attached hydrogens (tertiary/aromatic N) is 2. The summed E-state index contributed by atoms with van der Waals surface area (Å²) in [6.07, 6.45) is 1.58. The molecule has 2 atom stereocenters. The molecule has 2 amide bonds. The predicted octanol–water partition coefficient (Wildman–Crippen LogP) is 4.76. The summed E-state index contributed by atoms with van der Waals surface area (Å²) in [6, 6.07) is 7.70. The second-order valence-corrected chi connectivity index (χ2v) is 9.98. The lowest BCUT2D eigenvalue weighted by molar-refractivity contribution is -0.142. The summed E-state index contributed by atoms with van der Waals surface area (Å²) in [5.41, 5.74) is 0.237. The Hall–Kier alpha value is -1.56. The number of amides is 2. The van der Waals surface area contributed by atoms with E-state index >= 15 is 0 Å². The zero-order chi connectivity index (χ0) is 20.0. The van der Waals surface area contributed by atoms with Gasteiger partial charge in [-0.25, -0.2) is 4.79 Å². The van der Waals surface area contributed by atoms with Crippen LogP contribution >= 0.6 is 15.9 Å². The number of hydrogen-bond acceptors (Lipinski definition) is 3. The topological polar surface area (TPSA) is 49.9 Å². The Bertz CT molecular complexity index is 722. The van der Waals surface area contributed by atoms with Crippen LogP contribution in [0, 0.1) is 5.41 Å². The van der Waals surface area contributed by atoms with Gasteiger partial charge < -0.3 is 9.64 Å². The van der Waals surface area contributed by atoms with E-state index < -0.39 is 5.60 Å². The van der Waals surface area contributed by atoms with Crippen LogP contribution in [0.2, 0.25) is 0 Å². The maximum atomic E-state index is 13.0. The van der Waals surface area contributed by atoms with Crippen LogP contribution in [0.1, 0.15) is 59.1 Å². The predicted molar refractivity (Wildman–Crippen MR) is 108 cm³/mol. The highest BCUT2D eigenvalue weighted by Gasteiger charge is 2.50. The van der Waals surface area contributed by atoms with E-state index in [1.807, 2.05) is 63.8 Å². The highest BCUT2D eigenvalue weighted by atomic mass is 79.9. The van der Waals surface area contributed by atoms with Gasteiger partial charge in [0.05, 0.1) is 6.04 Å². The molecule has 0 radical (unpaired) electrons. The Morgan fingerprint density at radius 2 is 1.70 bits per heavy atom. The molecule has 0 bridgehead atoms. The maximum absolute atomic E-state index is 13.0. The van der Waals surface area contributed by atoms with Crippen molar-refractivity contribution >= 4 is 27.9 Å². The number of halogens is 1. The van der Waals surface area contributed by atoms with Crippen LogP contribution < -0.4 is 0 Å². The molecule has 0 aromatic heterocycles. The monoisotopic (exact) mass is 436 g/mol. The molecule has 0 N–H and O–H groups in total. The fourth-order valence-electron chi connectivity index (χ4n) is 3.50. The first-order chi connectivity index (χ1) is 12.5. The molecule has 1 aliphatic heterocycles. The van der Waals surface area contributed by atoms with E-state index in [1.54, 1.807) is 4.90 Å². The van der Waals surface area contributed by atoms with Crippen LogP contribution in [0.5, 0.6) is 0 Å². The van der Waals surface area contributed by atoms with Crippen LogP contribution in [0.25, 0.3) is 0 Å². The summed E-state index contributed by atoms with van der Waals surface area (Å²) in [5.74, 6) is 0.209. The second kappa shape index (κ2) is 7.12. The Morgan fingerprint density at radius 1 is 1.11 bits per heavy atom. The molecule has 2 aliphatic rings. The highest BCUT2D eigenvalue weighted by Crippen LogP contribution is 2.47. The minimum absolute atomic E-state index is 0.0332. The van der Waals surface area contributed by atoms with Crippen molar-refractivity contribution in [2.75, 3.05) is 13.1 Å². The highest BCUT2D eigenvalue weighted by molar-refractivity contribution is 9.10. The van der Waals surface area contributed by atoms with Crippen LogP contribution in [0.3, 0.4) is 0 Å². The standard InChI is InChI=1S/C21H29BrN2O3/c1-14-12-24(19(26)27-20(2,3)4)17(15-6-8-16(22)9-7-15)13-23(14)18(25)21(5)10-11-21/h6-9,14,17H,10-13H2,1-5H3/t14-,17-/m1/s1. The maximum Gasteiger partial charge on any atom is 0.410 e. The summed E-state index contributed by atoms with van der Waals surface area (Å²) in [5, 5.41) is 0. The van der Waals surface area contributed by atoms with Gasteiger partial charge in [-0.05, 0) is 58.2 Å². The minimum atomic E-state index is -0.557. The van der Waals surface area contributed by atoms with E-state index in [9.17, 15) is 9.59 Å². The van der Waals surface area contributed by atoms with Crippen LogP contribution in [-0.2, 0) is 9.53 Å². The van der Waals surface area contributed by atoms with Gasteiger partial charge in [0.15, 0.2) is 0 Å². The Morgan fingerprint density at radius 3 is 2.22 bits per heavy atom. The van der Waals surface area contributed by atoms with Crippen molar-refractivity contribution in [3.8, 4) is 0 Å². The third-order valence-corrected chi connectivity index (χ3v) is 5.93. The SMILES string of the molecule is C[C@@H]1CN(C(=O)OC(C)(C)C)[C@@H](c2ccc(Br)cc2)CN1C(=O)C1(C)CC1. The lowest BCUT2D eigenvalue weighted by atomic mass is 9.97. The van der Waals surface area contributed by atoms with Crippen molar-refractivity contribution < 1.29 is 14.3 Å². The van der Waals surface area contributed by atoms with Gasteiger partial charge in [-0.3, -0.25) is 9.69 Å². The normalized spacial score (nSPS) is 24.5. The molecule has 1 aromatic carbocycles. The van der Waals surface area contributed by atoms with Gasteiger partial charge in [0.1, 0.15) is 5.60 Å². The van der Waals surface area contributed by atoms with Gasteiger partial charge in [0, 0.05) is 29.0 Å². The summed E-state index contributed by atoms with van der Waals surface area (Å²) >= 11 is 3.46. The fraction of sp³-hybridized carbons (Fsp3) is 0.619. The van der Waals surface area contributed by atoms with E-state index in [2.05, 4.69) is 15.9 Å². The molecule has 1 heterocycles. The molecule has 148 valence electrons. The molecular formula is C21H29BrN2O3. The first-order valence-electron chi connectivity index (χ1n) is 9.56. The van der Waals surface area contributed by atoms with Gasteiger partial charge in [-0.15, -0.1) is 0 Å². The third-order valence-electron chi connectivity index (χ3n) is 5.40. The molecule has 0 unspecified atom stereocenters. The van der Waals surface area contributed by atoms with E-state index in [0.717, 1.165) is 22.9 Å². The van der Waals surface area contributed by atoms with Crippen LogP contribution in [0.4, 0.5) is 4.79 Å². The van der Waals surface area contributed by atoms with E-state index in [1.165, 1.54) is 0 Å². The van der Waals surface area contributed by atoms with Gasteiger partial charge >= 0.3 is 6.09 Å². The molecule has 1 aliphatic carbocycles. The smallest absolute Gasteiger partial charge is 0.410 e. The van der Waals surface area contributed by atoms with Crippen molar-refractivity contribution in [2.45, 2.75) is 65.1 Å². The molecule has 6 heteroatoms. The summed E-state index contributed by atoms with van der Waals surface area (Å²) in [7, 11) is 0. The largest absolute Gasteiger partial charge is 0.444 e. The van der Waals surface area contributed by atoms with Crippen molar-refractivity contribution in [3.63, 3.8) is 0 Å². The molecular weight excluding hydrogens is 408 g/mol. The number of benzene rings is 1. The van der Waals surface area contributed by atoms with Crippen molar-refractivity contribution in [1.29, 1.82) is 0 Å². The number of rotatable bonds is 2. The van der Waals surface area contributed by atoms with Crippen molar-refractivity contribution in [3.05, 3.63) is 34.3 Å². The Balaban J connectivity index is 1.89. The number of carbonyl (C=O) groups excluding carboxylic acids is 2. The van der Waals surface area contributed by atoms with E-state index in [4.69, 9.17) is 4.74 Å². The number of carbonyl (C=O) groups is 2. The van der Waals surface area contributed by atoms with Gasteiger partial charge in [-0.2, -0.15) is 0 Å². The molecule has 2 fully saturated rings. The summed E-state index contributed by atoms with van der Waals surface area (Å²) in [6.45, 7) is 10.6. The lowest BCUT2D eigenvalue weighted by Gasteiger charge is -2.46. The average molecular weight is 437 g/mol. The van der Waals surface area contributed by atoms with Crippen molar-refractivity contribution in [2.24, 2.45) is 5.41 Å². The molecule has 3 rings (SSSR count). The zero-order valence-corrected chi connectivity index (χ0v) is 18.4. The molecule has 1 saturated carbocycles. The number of piperazine rings is 1. The van der Waals surface area contributed by atoms with E-state index in [0.29, 0.717) is 13.1 Å². The number of hydrogen-bond donors (Lipinski definition) is 0. The first-order valence-corrected chi connectivity index (χ1v) is 10.4. The third kappa shape index (κ3) is 4.48. The Labute approximate surface area is 170 Å². The van der Waals surface area contributed by atoms with E-state index in [-0.39, 0.29) is 29.5 Å². The molecule has 0 spiro atoms. The summed E-state index contributed by atoms with van der Waals surface area (Å²) in [4.78, 5) is 29.6. The quantitative estimate of drug-likeness (QED) is 0.671. The fourth-order valence-corrected chi connectivity index (χ4v) is 3.76. The zero-order valence-electron chi connectivity index (χ0n) is 16.8. The lowest BCUT2D eigenvalue weighted by Crippen LogP contribution is -2.58. The van der Waals surface area contributed by atoms with Gasteiger partial charge in [-0.1, -0.05) is 35.0 Å². The number of ether oxygens (including phenoxy) is 1. The van der Waals surface area contributed by atoms with Crippen LogP contribution in [0.15, 0.2) is 28.7 Å². The van der Waals surface area contributed by atoms with Gasteiger partial charge in [0.2, 0.25) is 5.91 Å². The second-order valence-electron chi connectivity index (χ2n) is 9.07. The average Bonchev–Trinajstić information content (AvgIpc) is 3.32. The van der Waals surface area contributed by atoms with Gasteiger partial charge in [0.25, 0.3) is 0 Å². The molecule has 5 nitrogen and oxygen atoms in total. The van der Waals surface area contributed by atoms with Crippen molar-refractivity contribution in [1.82, 2.24) is 9.80 Å². The summed E-state index contributed by atoms with van der Waals surface area (Å²) < 4.78 is 6.63. The molecule has 1 aromatic rings. The minimum Gasteiger partial charge on any atom is -0.444 e.